The van der Waals surface area contributed by atoms with Gasteiger partial charge in [0.25, 0.3) is 0 Å². The van der Waals surface area contributed by atoms with Crippen LogP contribution in [0.15, 0.2) is 133 Å². The highest BCUT2D eigenvalue weighted by Gasteiger charge is 2.26. The fourth-order valence-corrected chi connectivity index (χ4v) is 6.27. The molecule has 0 saturated heterocycles. The maximum Gasteiger partial charge on any atom is 0.174 e. The van der Waals surface area contributed by atoms with Gasteiger partial charge in [0.05, 0.1) is 12.1 Å². The van der Waals surface area contributed by atoms with Crippen molar-refractivity contribution in [3.05, 3.63) is 155 Å². The number of nitrogens with two attached hydrogens (primary N) is 2. The minimum atomic E-state index is -0.410. The number of benzene rings is 4. The van der Waals surface area contributed by atoms with E-state index in [4.69, 9.17) is 11.5 Å². The van der Waals surface area contributed by atoms with Crippen LogP contribution in [0.4, 0.5) is 0 Å². The number of aliphatic hydroxyl groups is 1. The maximum atomic E-state index is 12.8. The van der Waals surface area contributed by atoms with Crippen LogP contribution in [0.1, 0.15) is 82.1 Å². The second-order valence-electron chi connectivity index (χ2n) is 13.1. The van der Waals surface area contributed by atoms with Gasteiger partial charge in [0.1, 0.15) is 0 Å². The number of ketones is 1. The molecular formula is C44H60N4O2. The molecule has 0 aromatic heterocycles. The first kappa shape index (κ1) is 40.4. The van der Waals surface area contributed by atoms with Crippen LogP contribution >= 0.6 is 0 Å². The van der Waals surface area contributed by atoms with Gasteiger partial charge >= 0.3 is 0 Å². The normalized spacial score (nSPS) is 14.0. The Hall–Kier alpha value is -4.07. The van der Waals surface area contributed by atoms with Crippen LogP contribution in [-0.4, -0.2) is 44.9 Å². The molecule has 0 aliphatic carbocycles. The summed E-state index contributed by atoms with van der Waals surface area (Å²) in [6.07, 6.45) is 5.09. The molecule has 5 N–H and O–H groups in total. The second-order valence-corrected chi connectivity index (χ2v) is 13.1. The van der Waals surface area contributed by atoms with Crippen LogP contribution in [0.3, 0.4) is 0 Å². The Bertz CT molecular complexity index is 1420. The quantitative estimate of drug-likeness (QED) is 0.0866. The highest BCUT2D eigenvalue weighted by atomic mass is 16.3. The Balaban J connectivity index is 0.000000270. The Morgan fingerprint density at radius 2 is 1.00 bits per heavy atom. The summed E-state index contributed by atoms with van der Waals surface area (Å²) in [4.78, 5) is 17.4. The summed E-state index contributed by atoms with van der Waals surface area (Å²) in [6.45, 7) is 11.4. The Morgan fingerprint density at radius 1 is 0.620 bits per heavy atom. The van der Waals surface area contributed by atoms with E-state index in [0.717, 1.165) is 45.4 Å². The van der Waals surface area contributed by atoms with Gasteiger partial charge in [-0.3, -0.25) is 14.6 Å². The summed E-state index contributed by atoms with van der Waals surface area (Å²) < 4.78 is 0. The van der Waals surface area contributed by atoms with E-state index in [2.05, 4.69) is 103 Å². The molecule has 4 atom stereocenters. The molecule has 0 heterocycles. The van der Waals surface area contributed by atoms with Crippen molar-refractivity contribution in [2.24, 2.45) is 11.5 Å². The average molecular weight is 677 g/mol. The van der Waals surface area contributed by atoms with E-state index in [1.54, 1.807) is 6.08 Å². The number of rotatable bonds is 19. The number of carbonyl (C=O) groups excluding carboxylic acids is 1. The standard InChI is InChI=1S/C22H32N2O.C22H28N2O/c2*1-3-20(23)15-22(25)21(4-2)24(16-18-11-7-5-8-12-18)17-19-13-9-6-10-14-19/h5-14,20-22,25H,3-4,15-17,23H2,1-2H3;5-15,21H,3-4,16-17,23H2,1-2H3/b;20-15-. The SMILES string of the molecule is CC/C(N)=C/C(=O)C(CC)N(Cc1ccccc1)Cc1ccccc1.CCC(N)CC(O)C(CC)N(Cc1ccccc1)Cc1ccccc1. The average Bonchev–Trinajstić information content (AvgIpc) is 3.14. The molecule has 0 amide bonds. The molecule has 0 fully saturated rings. The van der Waals surface area contributed by atoms with Gasteiger partial charge in [-0.25, -0.2) is 0 Å². The topological polar surface area (TPSA) is 95.8 Å². The lowest BCUT2D eigenvalue weighted by Crippen LogP contribution is -2.44. The van der Waals surface area contributed by atoms with Gasteiger partial charge < -0.3 is 16.6 Å². The molecule has 0 aliphatic heterocycles. The first-order chi connectivity index (χ1) is 24.3. The van der Waals surface area contributed by atoms with E-state index in [-0.39, 0.29) is 23.9 Å². The molecule has 4 aromatic rings. The highest BCUT2D eigenvalue weighted by molar-refractivity contribution is 5.94. The predicted molar refractivity (Wildman–Crippen MR) is 209 cm³/mol. The lowest BCUT2D eigenvalue weighted by Gasteiger charge is -2.35. The molecule has 0 spiro atoms. The lowest BCUT2D eigenvalue weighted by atomic mass is 9.97. The Morgan fingerprint density at radius 3 is 1.32 bits per heavy atom. The Labute approximate surface area is 301 Å². The van der Waals surface area contributed by atoms with Crippen molar-refractivity contribution < 1.29 is 9.90 Å². The van der Waals surface area contributed by atoms with Gasteiger partial charge in [-0.1, -0.05) is 149 Å². The Kier molecular flexibility index (Phi) is 18.2. The fourth-order valence-electron chi connectivity index (χ4n) is 6.27. The molecule has 6 heteroatoms. The van der Waals surface area contributed by atoms with E-state index in [1.165, 1.54) is 22.3 Å². The molecule has 50 heavy (non-hydrogen) atoms. The van der Waals surface area contributed by atoms with Crippen molar-refractivity contribution in [3.63, 3.8) is 0 Å². The minimum Gasteiger partial charge on any atom is -0.402 e. The molecule has 4 unspecified atom stereocenters. The first-order valence-corrected chi connectivity index (χ1v) is 18.3. The van der Waals surface area contributed by atoms with E-state index in [0.29, 0.717) is 18.5 Å². The predicted octanol–water partition coefficient (Wildman–Crippen LogP) is 8.24. The minimum absolute atomic E-state index is 0.0550. The molecule has 4 rings (SSSR count). The molecule has 268 valence electrons. The third kappa shape index (κ3) is 14.0. The maximum absolute atomic E-state index is 12.8. The van der Waals surface area contributed by atoms with Gasteiger partial charge in [-0.2, -0.15) is 0 Å². The number of hydrogen-bond donors (Lipinski definition) is 3. The zero-order valence-corrected chi connectivity index (χ0v) is 30.7. The molecule has 0 saturated carbocycles. The number of hydrogen-bond acceptors (Lipinski definition) is 6. The van der Waals surface area contributed by atoms with Gasteiger partial charge in [-0.05, 0) is 54.4 Å². The van der Waals surface area contributed by atoms with Gasteiger partial charge in [-0.15, -0.1) is 0 Å². The molecule has 0 bridgehead atoms. The monoisotopic (exact) mass is 676 g/mol. The zero-order valence-electron chi connectivity index (χ0n) is 30.7. The van der Waals surface area contributed by atoms with Gasteiger partial charge in [0.15, 0.2) is 5.78 Å². The van der Waals surface area contributed by atoms with Crippen LogP contribution in [0.5, 0.6) is 0 Å². The summed E-state index contributed by atoms with van der Waals surface area (Å²) in [6, 6.07) is 41.5. The van der Waals surface area contributed by atoms with Gasteiger partial charge in [0.2, 0.25) is 0 Å². The van der Waals surface area contributed by atoms with Crippen molar-refractivity contribution in [2.45, 2.75) is 110 Å². The molecule has 0 radical (unpaired) electrons. The van der Waals surface area contributed by atoms with Gasteiger partial charge in [0, 0.05) is 50.0 Å². The van der Waals surface area contributed by atoms with Crippen molar-refractivity contribution in [1.29, 1.82) is 0 Å². The summed E-state index contributed by atoms with van der Waals surface area (Å²) in [5.74, 6) is 0.0914. The summed E-state index contributed by atoms with van der Waals surface area (Å²) >= 11 is 0. The summed E-state index contributed by atoms with van der Waals surface area (Å²) in [7, 11) is 0. The third-order valence-electron chi connectivity index (χ3n) is 9.21. The second kappa shape index (κ2) is 22.6. The van der Waals surface area contributed by atoms with Crippen molar-refractivity contribution >= 4 is 5.78 Å². The largest absolute Gasteiger partial charge is 0.402 e. The molecular weight excluding hydrogens is 617 g/mol. The van der Waals surface area contributed by atoms with E-state index >= 15 is 0 Å². The fraction of sp³-hybridized carbons (Fsp3) is 0.386. The van der Waals surface area contributed by atoms with Crippen LogP contribution in [-0.2, 0) is 31.0 Å². The first-order valence-electron chi connectivity index (χ1n) is 18.3. The van der Waals surface area contributed by atoms with E-state index in [1.807, 2.05) is 55.5 Å². The summed E-state index contributed by atoms with van der Waals surface area (Å²) in [5.41, 5.74) is 17.6. The lowest BCUT2D eigenvalue weighted by molar-refractivity contribution is -0.120. The molecule has 0 aliphatic rings. The van der Waals surface area contributed by atoms with Crippen LogP contribution < -0.4 is 11.5 Å². The molecule has 4 aromatic carbocycles. The molecule has 6 nitrogen and oxygen atoms in total. The number of allylic oxidation sites excluding steroid dienone is 1. The number of aliphatic hydroxyl groups excluding tert-OH is 1. The number of nitrogens with zero attached hydrogens (tertiary/aromatic N) is 2. The highest BCUT2D eigenvalue weighted by Crippen LogP contribution is 2.21. The smallest absolute Gasteiger partial charge is 0.174 e. The van der Waals surface area contributed by atoms with E-state index in [9.17, 15) is 9.90 Å². The van der Waals surface area contributed by atoms with Crippen molar-refractivity contribution in [2.75, 3.05) is 0 Å². The van der Waals surface area contributed by atoms with E-state index < -0.39 is 6.10 Å². The van der Waals surface area contributed by atoms with Crippen LogP contribution in [0.25, 0.3) is 0 Å². The zero-order chi connectivity index (χ0) is 36.1. The van der Waals surface area contributed by atoms with Crippen LogP contribution in [0.2, 0.25) is 0 Å². The van der Waals surface area contributed by atoms with Crippen molar-refractivity contribution in [1.82, 2.24) is 9.80 Å². The number of carbonyl (C=O) groups is 1. The van der Waals surface area contributed by atoms with Crippen molar-refractivity contribution in [3.8, 4) is 0 Å². The van der Waals surface area contributed by atoms with Crippen LogP contribution in [0, 0.1) is 0 Å². The summed E-state index contributed by atoms with van der Waals surface area (Å²) in [5, 5.41) is 10.8. The third-order valence-corrected chi connectivity index (χ3v) is 9.21.